The van der Waals surface area contributed by atoms with Gasteiger partial charge in [0.2, 0.25) is 5.91 Å². The predicted octanol–water partition coefficient (Wildman–Crippen LogP) is 3.00. The average Bonchev–Trinajstić information content (AvgIpc) is 3.15. The molecule has 1 amide bonds. The van der Waals surface area contributed by atoms with Crippen LogP contribution in [0.2, 0.25) is 0 Å². The van der Waals surface area contributed by atoms with Crippen LogP contribution in [-0.2, 0) is 22.4 Å². The van der Waals surface area contributed by atoms with Crippen LogP contribution in [0.5, 0.6) is 0 Å². The SMILES string of the molecule is COC(=O)c1ccc2c(c1)C[C@@]1(CCN(c3ccccc3)C1=O)C2. The molecule has 0 radical (unpaired) electrons. The molecular weight excluding hydrogens is 302 g/mol. The number of para-hydroxylation sites is 1. The van der Waals surface area contributed by atoms with E-state index in [1.807, 2.05) is 47.4 Å². The van der Waals surface area contributed by atoms with Gasteiger partial charge in [-0.3, -0.25) is 4.79 Å². The maximum atomic E-state index is 13.1. The number of ether oxygens (including phenoxy) is 1. The number of nitrogens with zero attached hydrogens (tertiary/aromatic N) is 1. The minimum atomic E-state index is -0.354. The lowest BCUT2D eigenvalue weighted by molar-refractivity contribution is -0.125. The van der Waals surface area contributed by atoms with Crippen LogP contribution in [0.4, 0.5) is 5.69 Å². The highest BCUT2D eigenvalue weighted by Gasteiger charge is 2.50. The molecule has 1 heterocycles. The van der Waals surface area contributed by atoms with Crippen molar-refractivity contribution in [3.8, 4) is 0 Å². The van der Waals surface area contributed by atoms with E-state index in [0.717, 1.165) is 30.6 Å². The first kappa shape index (κ1) is 14.9. The lowest BCUT2D eigenvalue weighted by Gasteiger charge is -2.22. The molecule has 0 saturated carbocycles. The van der Waals surface area contributed by atoms with Crippen LogP contribution in [0.25, 0.3) is 0 Å². The van der Waals surface area contributed by atoms with Gasteiger partial charge in [0.05, 0.1) is 18.1 Å². The molecule has 2 aromatic carbocycles. The molecule has 1 saturated heterocycles. The van der Waals surface area contributed by atoms with Crippen molar-refractivity contribution < 1.29 is 14.3 Å². The second-order valence-corrected chi connectivity index (χ2v) is 6.65. The zero-order valence-electron chi connectivity index (χ0n) is 13.6. The monoisotopic (exact) mass is 321 g/mol. The smallest absolute Gasteiger partial charge is 0.337 e. The molecule has 0 bridgehead atoms. The average molecular weight is 321 g/mol. The van der Waals surface area contributed by atoms with E-state index < -0.39 is 0 Å². The van der Waals surface area contributed by atoms with Gasteiger partial charge in [-0.1, -0.05) is 24.3 Å². The highest BCUT2D eigenvalue weighted by atomic mass is 16.5. The summed E-state index contributed by atoms with van der Waals surface area (Å²) in [7, 11) is 1.38. The third kappa shape index (κ3) is 2.21. The van der Waals surface area contributed by atoms with Crippen molar-refractivity contribution in [1.82, 2.24) is 0 Å². The third-order valence-corrected chi connectivity index (χ3v) is 5.27. The highest BCUT2D eigenvalue weighted by Crippen LogP contribution is 2.46. The summed E-state index contributed by atoms with van der Waals surface area (Å²) < 4.78 is 4.79. The third-order valence-electron chi connectivity index (χ3n) is 5.27. The fraction of sp³-hybridized carbons (Fsp3) is 0.300. The molecule has 0 aromatic heterocycles. The molecule has 1 atom stereocenters. The Labute approximate surface area is 141 Å². The Kier molecular flexibility index (Phi) is 3.41. The minimum absolute atomic E-state index is 0.199. The minimum Gasteiger partial charge on any atom is -0.465 e. The standard InChI is InChI=1S/C20H19NO3/c1-24-18(22)14-7-8-15-12-20(13-16(15)11-14)9-10-21(19(20)23)17-5-3-2-4-6-17/h2-8,11H,9-10,12-13H2,1H3/t20-/m1/s1. The summed E-state index contributed by atoms with van der Waals surface area (Å²) in [4.78, 5) is 26.7. The quantitative estimate of drug-likeness (QED) is 0.799. The molecular formula is C20H19NO3. The van der Waals surface area contributed by atoms with E-state index in [0.29, 0.717) is 12.0 Å². The molecule has 1 aliphatic carbocycles. The first-order valence-electron chi connectivity index (χ1n) is 8.20. The molecule has 1 aliphatic heterocycles. The zero-order valence-corrected chi connectivity index (χ0v) is 13.6. The van der Waals surface area contributed by atoms with Crippen molar-refractivity contribution in [2.24, 2.45) is 5.41 Å². The van der Waals surface area contributed by atoms with Crippen molar-refractivity contribution in [3.63, 3.8) is 0 Å². The molecule has 4 heteroatoms. The molecule has 0 unspecified atom stereocenters. The van der Waals surface area contributed by atoms with Gasteiger partial charge in [0.1, 0.15) is 0 Å². The fourth-order valence-electron chi connectivity index (χ4n) is 4.00. The lowest BCUT2D eigenvalue weighted by atomic mass is 9.83. The number of hydrogen-bond acceptors (Lipinski definition) is 3. The van der Waals surface area contributed by atoms with Crippen LogP contribution in [0.1, 0.15) is 27.9 Å². The number of methoxy groups -OCH3 is 1. The number of anilines is 1. The van der Waals surface area contributed by atoms with E-state index in [1.165, 1.54) is 12.7 Å². The molecule has 4 nitrogen and oxygen atoms in total. The summed E-state index contributed by atoms with van der Waals surface area (Å²) >= 11 is 0. The molecule has 2 aliphatic rings. The van der Waals surface area contributed by atoms with Crippen molar-refractivity contribution in [1.29, 1.82) is 0 Å². The first-order valence-corrected chi connectivity index (χ1v) is 8.20. The summed E-state index contributed by atoms with van der Waals surface area (Å²) in [6.07, 6.45) is 2.31. The Morgan fingerprint density at radius 1 is 1.08 bits per heavy atom. The van der Waals surface area contributed by atoms with E-state index in [-0.39, 0.29) is 17.3 Å². The molecule has 4 rings (SSSR count). The molecule has 1 spiro atoms. The topological polar surface area (TPSA) is 46.6 Å². The van der Waals surface area contributed by atoms with Crippen molar-refractivity contribution in [2.45, 2.75) is 19.3 Å². The number of carbonyl (C=O) groups excluding carboxylic acids is 2. The van der Waals surface area contributed by atoms with Crippen LogP contribution in [0, 0.1) is 5.41 Å². The lowest BCUT2D eigenvalue weighted by Crippen LogP contribution is -2.35. The predicted molar refractivity (Wildman–Crippen MR) is 91.0 cm³/mol. The summed E-state index contributed by atoms with van der Waals surface area (Å²) in [5, 5.41) is 0. The maximum Gasteiger partial charge on any atom is 0.337 e. The highest BCUT2D eigenvalue weighted by molar-refractivity contribution is 6.01. The number of carbonyl (C=O) groups is 2. The van der Waals surface area contributed by atoms with E-state index in [2.05, 4.69) is 0 Å². The summed E-state index contributed by atoms with van der Waals surface area (Å²) in [6.45, 7) is 0.751. The van der Waals surface area contributed by atoms with Gasteiger partial charge in [-0.25, -0.2) is 4.79 Å². The van der Waals surface area contributed by atoms with Gasteiger partial charge in [0, 0.05) is 12.2 Å². The van der Waals surface area contributed by atoms with E-state index in [9.17, 15) is 9.59 Å². The van der Waals surface area contributed by atoms with E-state index in [4.69, 9.17) is 4.74 Å². The summed E-state index contributed by atoms with van der Waals surface area (Å²) in [5.74, 6) is -0.132. The number of hydrogen-bond donors (Lipinski definition) is 0. The number of amides is 1. The van der Waals surface area contributed by atoms with E-state index >= 15 is 0 Å². The van der Waals surface area contributed by atoms with Gasteiger partial charge in [-0.15, -0.1) is 0 Å². The van der Waals surface area contributed by atoms with Crippen LogP contribution in [0.15, 0.2) is 48.5 Å². The van der Waals surface area contributed by atoms with Crippen LogP contribution in [-0.4, -0.2) is 25.5 Å². The molecule has 0 N–H and O–H groups in total. The van der Waals surface area contributed by atoms with E-state index in [1.54, 1.807) is 6.07 Å². The van der Waals surface area contributed by atoms with Gasteiger partial charge >= 0.3 is 5.97 Å². The van der Waals surface area contributed by atoms with Gasteiger partial charge in [-0.05, 0) is 54.7 Å². The number of esters is 1. The number of fused-ring (bicyclic) bond motifs is 1. The number of rotatable bonds is 2. The van der Waals surface area contributed by atoms with Gasteiger partial charge in [-0.2, -0.15) is 0 Å². The van der Waals surface area contributed by atoms with Crippen molar-refractivity contribution in [3.05, 3.63) is 65.2 Å². The largest absolute Gasteiger partial charge is 0.465 e. The second-order valence-electron chi connectivity index (χ2n) is 6.65. The first-order chi connectivity index (χ1) is 11.6. The maximum absolute atomic E-state index is 13.1. The van der Waals surface area contributed by atoms with Crippen LogP contribution in [0.3, 0.4) is 0 Å². The Morgan fingerprint density at radius 3 is 2.58 bits per heavy atom. The van der Waals surface area contributed by atoms with Gasteiger partial charge in [0.15, 0.2) is 0 Å². The Bertz CT molecular complexity index is 815. The van der Waals surface area contributed by atoms with Crippen molar-refractivity contribution in [2.75, 3.05) is 18.6 Å². The Balaban J connectivity index is 1.62. The Morgan fingerprint density at radius 2 is 1.83 bits per heavy atom. The molecule has 24 heavy (non-hydrogen) atoms. The van der Waals surface area contributed by atoms with Gasteiger partial charge < -0.3 is 9.64 Å². The number of benzene rings is 2. The normalized spacial score (nSPS) is 22.0. The Hall–Kier alpha value is -2.62. The molecule has 122 valence electrons. The summed E-state index contributed by atoms with van der Waals surface area (Å²) in [6, 6.07) is 15.5. The molecule has 2 aromatic rings. The van der Waals surface area contributed by atoms with Gasteiger partial charge in [0.25, 0.3) is 0 Å². The van der Waals surface area contributed by atoms with Crippen LogP contribution >= 0.6 is 0 Å². The zero-order chi connectivity index (χ0) is 16.7. The fourth-order valence-corrected chi connectivity index (χ4v) is 4.00. The second kappa shape index (κ2) is 5.48. The van der Waals surface area contributed by atoms with Crippen molar-refractivity contribution >= 4 is 17.6 Å². The summed E-state index contributed by atoms with van der Waals surface area (Å²) in [5.41, 5.74) is 3.43. The molecule has 1 fully saturated rings. The van der Waals surface area contributed by atoms with Crippen LogP contribution < -0.4 is 4.90 Å².